The molecule has 0 bridgehead atoms. The van der Waals surface area contributed by atoms with E-state index >= 15 is 0 Å². The van der Waals surface area contributed by atoms with E-state index in [1.165, 1.54) is 0 Å². The fraction of sp³-hybridized carbons (Fsp3) is 0.312. The van der Waals surface area contributed by atoms with Crippen LogP contribution in [-0.2, 0) is 12.3 Å². The number of hydrogen-bond donors (Lipinski definition) is 0. The van der Waals surface area contributed by atoms with Crippen molar-refractivity contribution in [3.63, 3.8) is 0 Å². The van der Waals surface area contributed by atoms with Gasteiger partial charge in [-0.25, -0.2) is 4.98 Å². The Labute approximate surface area is 133 Å². The van der Waals surface area contributed by atoms with Gasteiger partial charge >= 0.3 is 0 Å². The second kappa shape index (κ2) is 6.12. The van der Waals surface area contributed by atoms with Crippen molar-refractivity contribution in [3.8, 4) is 0 Å². The Balaban J connectivity index is 1.90. The SMILES string of the molecule is CC(CCc1ccco1)n1c(CCl)nc2cc(Cl)ccc21. The maximum Gasteiger partial charge on any atom is 0.125 e. The topological polar surface area (TPSA) is 31.0 Å². The molecule has 3 rings (SSSR count). The van der Waals surface area contributed by atoms with Gasteiger partial charge in [0, 0.05) is 17.5 Å². The highest BCUT2D eigenvalue weighted by Crippen LogP contribution is 2.27. The van der Waals surface area contributed by atoms with Crippen molar-refractivity contribution in [2.45, 2.75) is 31.7 Å². The molecule has 0 N–H and O–H groups in total. The predicted octanol–water partition coefficient (Wildman–Crippen LogP) is 5.22. The number of fused-ring (bicyclic) bond motifs is 1. The van der Waals surface area contributed by atoms with E-state index in [0.717, 1.165) is 35.5 Å². The lowest BCUT2D eigenvalue weighted by molar-refractivity contribution is 0.452. The average molecular weight is 323 g/mol. The Bertz CT molecular complexity index is 734. The van der Waals surface area contributed by atoms with Crippen LogP contribution in [0.4, 0.5) is 0 Å². The molecule has 0 aliphatic carbocycles. The number of imidazole rings is 1. The van der Waals surface area contributed by atoms with E-state index in [-0.39, 0.29) is 6.04 Å². The summed E-state index contributed by atoms with van der Waals surface area (Å²) in [6.45, 7) is 2.18. The minimum atomic E-state index is 0.287. The maximum absolute atomic E-state index is 6.05. The number of furan rings is 1. The van der Waals surface area contributed by atoms with E-state index in [2.05, 4.69) is 16.5 Å². The van der Waals surface area contributed by atoms with Gasteiger partial charge in [0.2, 0.25) is 0 Å². The molecule has 0 saturated carbocycles. The van der Waals surface area contributed by atoms with Gasteiger partial charge in [0.1, 0.15) is 11.6 Å². The first-order chi connectivity index (χ1) is 10.2. The number of hydrogen-bond acceptors (Lipinski definition) is 2. The minimum absolute atomic E-state index is 0.287. The van der Waals surface area contributed by atoms with Crippen molar-refractivity contribution >= 4 is 34.2 Å². The van der Waals surface area contributed by atoms with Gasteiger partial charge in [-0.3, -0.25) is 0 Å². The summed E-state index contributed by atoms with van der Waals surface area (Å²) in [6, 6.07) is 9.97. The summed E-state index contributed by atoms with van der Waals surface area (Å²) in [5.41, 5.74) is 1.96. The zero-order valence-electron chi connectivity index (χ0n) is 11.7. The normalized spacial score (nSPS) is 12.9. The maximum atomic E-state index is 6.05. The first-order valence-corrected chi connectivity index (χ1v) is 7.85. The summed E-state index contributed by atoms with van der Waals surface area (Å²) in [7, 11) is 0. The zero-order chi connectivity index (χ0) is 14.8. The largest absolute Gasteiger partial charge is 0.469 e. The van der Waals surface area contributed by atoms with Gasteiger partial charge in [0.25, 0.3) is 0 Å². The Hall–Kier alpha value is -1.45. The molecule has 0 aliphatic heterocycles. The summed E-state index contributed by atoms with van der Waals surface area (Å²) < 4.78 is 7.59. The van der Waals surface area contributed by atoms with Gasteiger partial charge in [0.05, 0.1) is 23.2 Å². The Kier molecular flexibility index (Phi) is 4.22. The molecule has 3 nitrogen and oxygen atoms in total. The number of benzene rings is 1. The molecule has 0 spiro atoms. The van der Waals surface area contributed by atoms with E-state index in [0.29, 0.717) is 10.9 Å². The third-order valence-electron chi connectivity index (χ3n) is 3.67. The second-order valence-electron chi connectivity index (χ2n) is 5.13. The van der Waals surface area contributed by atoms with Crippen LogP contribution in [0, 0.1) is 0 Å². The average Bonchev–Trinajstić information content (AvgIpc) is 3.11. The zero-order valence-corrected chi connectivity index (χ0v) is 13.2. The van der Waals surface area contributed by atoms with Crippen LogP contribution in [0.5, 0.6) is 0 Å². The number of nitrogens with zero attached hydrogens (tertiary/aromatic N) is 2. The minimum Gasteiger partial charge on any atom is -0.469 e. The lowest BCUT2D eigenvalue weighted by atomic mass is 10.1. The Morgan fingerprint density at radius 3 is 2.90 bits per heavy atom. The Morgan fingerprint density at radius 2 is 2.19 bits per heavy atom. The van der Waals surface area contributed by atoms with Crippen molar-refractivity contribution in [1.29, 1.82) is 0 Å². The first kappa shape index (κ1) is 14.5. The molecular weight excluding hydrogens is 307 g/mol. The summed E-state index contributed by atoms with van der Waals surface area (Å²) in [5.74, 6) is 2.26. The third-order valence-corrected chi connectivity index (χ3v) is 4.15. The summed E-state index contributed by atoms with van der Waals surface area (Å²) in [5, 5.41) is 0.691. The van der Waals surface area contributed by atoms with Crippen molar-refractivity contribution in [3.05, 3.63) is 53.2 Å². The molecule has 2 aromatic heterocycles. The molecule has 0 aliphatic rings. The number of alkyl halides is 1. The van der Waals surface area contributed by atoms with Crippen molar-refractivity contribution in [2.75, 3.05) is 0 Å². The second-order valence-corrected chi connectivity index (χ2v) is 5.84. The standard InChI is InChI=1S/C16H16Cl2N2O/c1-11(4-6-13-3-2-8-21-13)20-15-7-5-12(18)9-14(15)19-16(20)10-17/h2-3,5,7-9,11H,4,6,10H2,1H3. The number of rotatable bonds is 5. The highest BCUT2D eigenvalue weighted by molar-refractivity contribution is 6.31. The molecular formula is C16H16Cl2N2O. The van der Waals surface area contributed by atoms with Crippen LogP contribution in [0.1, 0.15) is 31.0 Å². The van der Waals surface area contributed by atoms with Crippen molar-refractivity contribution in [2.24, 2.45) is 0 Å². The fourth-order valence-electron chi connectivity index (χ4n) is 2.64. The summed E-state index contributed by atoms with van der Waals surface area (Å²) in [6.07, 6.45) is 3.56. The lowest BCUT2D eigenvalue weighted by Gasteiger charge is -2.16. The van der Waals surface area contributed by atoms with Crippen LogP contribution in [0.2, 0.25) is 5.02 Å². The van der Waals surface area contributed by atoms with E-state index < -0.39 is 0 Å². The smallest absolute Gasteiger partial charge is 0.125 e. The van der Waals surface area contributed by atoms with Crippen LogP contribution < -0.4 is 0 Å². The molecule has 5 heteroatoms. The van der Waals surface area contributed by atoms with Crippen LogP contribution in [-0.4, -0.2) is 9.55 Å². The number of aryl methyl sites for hydroxylation is 1. The molecule has 1 unspecified atom stereocenters. The highest BCUT2D eigenvalue weighted by atomic mass is 35.5. The van der Waals surface area contributed by atoms with Crippen LogP contribution in [0.3, 0.4) is 0 Å². The molecule has 2 heterocycles. The number of aromatic nitrogens is 2. The van der Waals surface area contributed by atoms with Gasteiger partial charge < -0.3 is 8.98 Å². The van der Waals surface area contributed by atoms with Crippen molar-refractivity contribution in [1.82, 2.24) is 9.55 Å². The lowest BCUT2D eigenvalue weighted by Crippen LogP contribution is -2.09. The fourth-order valence-corrected chi connectivity index (χ4v) is 3.00. The molecule has 110 valence electrons. The van der Waals surface area contributed by atoms with Crippen LogP contribution in [0.15, 0.2) is 41.0 Å². The Morgan fingerprint density at radius 1 is 1.33 bits per heavy atom. The van der Waals surface area contributed by atoms with Crippen molar-refractivity contribution < 1.29 is 4.42 Å². The number of halogens is 2. The van der Waals surface area contributed by atoms with Gasteiger partial charge in [0.15, 0.2) is 0 Å². The summed E-state index contributed by atoms with van der Waals surface area (Å²) >= 11 is 12.1. The molecule has 0 radical (unpaired) electrons. The molecule has 0 saturated heterocycles. The summed E-state index contributed by atoms with van der Waals surface area (Å²) in [4.78, 5) is 4.58. The van der Waals surface area contributed by atoms with Gasteiger partial charge in [-0.1, -0.05) is 11.6 Å². The van der Waals surface area contributed by atoms with E-state index in [4.69, 9.17) is 27.6 Å². The van der Waals surface area contributed by atoms with Gasteiger partial charge in [-0.05, 0) is 43.7 Å². The molecule has 3 aromatic rings. The molecule has 1 atom stereocenters. The molecule has 0 fully saturated rings. The van der Waals surface area contributed by atoms with Gasteiger partial charge in [-0.2, -0.15) is 0 Å². The quantitative estimate of drug-likeness (QED) is 0.603. The highest BCUT2D eigenvalue weighted by Gasteiger charge is 2.16. The third kappa shape index (κ3) is 2.94. The molecule has 21 heavy (non-hydrogen) atoms. The van der Waals surface area contributed by atoms with E-state index in [1.807, 2.05) is 30.3 Å². The molecule has 1 aromatic carbocycles. The predicted molar refractivity (Wildman–Crippen MR) is 86.0 cm³/mol. The van der Waals surface area contributed by atoms with Crippen LogP contribution in [0.25, 0.3) is 11.0 Å². The monoisotopic (exact) mass is 322 g/mol. The first-order valence-electron chi connectivity index (χ1n) is 6.93. The van der Waals surface area contributed by atoms with E-state index in [1.54, 1.807) is 6.26 Å². The van der Waals surface area contributed by atoms with Gasteiger partial charge in [-0.15, -0.1) is 11.6 Å². The molecule has 0 amide bonds. The van der Waals surface area contributed by atoms with E-state index in [9.17, 15) is 0 Å². The van der Waals surface area contributed by atoms with Crippen LogP contribution >= 0.6 is 23.2 Å².